The molecule has 1 aromatic carbocycles. The number of rotatable bonds is 2. The van der Waals surface area contributed by atoms with Crippen molar-refractivity contribution < 1.29 is 0 Å². The van der Waals surface area contributed by atoms with E-state index in [1.807, 2.05) is 12.1 Å². The fraction of sp³-hybridized carbons (Fsp3) is 0.214. The second-order valence-electron chi connectivity index (χ2n) is 4.51. The minimum absolute atomic E-state index is 0.390. The van der Waals surface area contributed by atoms with Crippen molar-refractivity contribution in [2.75, 3.05) is 11.4 Å². The summed E-state index contributed by atoms with van der Waals surface area (Å²) in [6.45, 7) is 3.01. The molecule has 18 heavy (non-hydrogen) atoms. The van der Waals surface area contributed by atoms with Gasteiger partial charge in [0.25, 0.3) is 0 Å². The van der Waals surface area contributed by atoms with Gasteiger partial charge in [-0.3, -0.25) is 0 Å². The van der Waals surface area contributed by atoms with Gasteiger partial charge in [0.2, 0.25) is 0 Å². The Morgan fingerprint density at radius 3 is 2.94 bits per heavy atom. The van der Waals surface area contributed by atoms with Crippen molar-refractivity contribution in [2.45, 2.75) is 12.8 Å². The first-order valence-electron chi connectivity index (χ1n) is 5.96. The van der Waals surface area contributed by atoms with E-state index in [0.717, 1.165) is 12.2 Å². The Bertz CT molecular complexity index is 597. The number of benzene rings is 1. The minimum atomic E-state index is 0.390. The summed E-state index contributed by atoms with van der Waals surface area (Å²) in [6.07, 6.45) is 1.69. The average molecular weight is 239 g/mol. The molecule has 3 rings (SSSR count). The molecule has 0 saturated heterocycles. The van der Waals surface area contributed by atoms with E-state index in [9.17, 15) is 4.91 Å². The number of aromatic nitrogens is 1. The van der Waals surface area contributed by atoms with Gasteiger partial charge in [0.1, 0.15) is 0 Å². The molecule has 0 fully saturated rings. The van der Waals surface area contributed by atoms with Gasteiger partial charge in [-0.2, -0.15) is 0 Å². The van der Waals surface area contributed by atoms with Gasteiger partial charge in [-0.05, 0) is 28.9 Å². The second-order valence-corrected chi connectivity index (χ2v) is 4.51. The largest absolute Gasteiger partial charge is 0.324 e. The van der Waals surface area contributed by atoms with Gasteiger partial charge in [0.15, 0.2) is 11.5 Å². The Kier molecular flexibility index (Phi) is 2.55. The molecule has 0 N–H and O–H groups in total. The molecule has 0 spiro atoms. The van der Waals surface area contributed by atoms with E-state index in [2.05, 4.69) is 34.1 Å². The molecular formula is C14H13N3O. The Hall–Kier alpha value is -2.23. The quantitative estimate of drug-likeness (QED) is 0.750. The van der Waals surface area contributed by atoms with Crippen molar-refractivity contribution in [2.24, 2.45) is 5.18 Å². The van der Waals surface area contributed by atoms with Crippen LogP contribution in [-0.4, -0.2) is 11.5 Å². The van der Waals surface area contributed by atoms with Crippen LogP contribution in [0.3, 0.4) is 0 Å². The highest BCUT2D eigenvalue weighted by Crippen LogP contribution is 2.42. The second kappa shape index (κ2) is 4.22. The number of anilines is 2. The van der Waals surface area contributed by atoms with E-state index < -0.39 is 0 Å². The number of fused-ring (bicyclic) bond motifs is 1. The summed E-state index contributed by atoms with van der Waals surface area (Å²) in [5.74, 6) is 1.08. The summed E-state index contributed by atoms with van der Waals surface area (Å²) >= 11 is 0. The first-order valence-corrected chi connectivity index (χ1v) is 5.96. The molecule has 1 aromatic heterocycles. The van der Waals surface area contributed by atoms with Crippen molar-refractivity contribution in [3.8, 4) is 0 Å². The van der Waals surface area contributed by atoms with E-state index in [1.165, 1.54) is 5.56 Å². The fourth-order valence-corrected chi connectivity index (χ4v) is 2.49. The lowest BCUT2D eigenvalue weighted by Crippen LogP contribution is -2.15. The molecule has 1 atom stereocenters. The average Bonchev–Trinajstić information content (AvgIpc) is 2.77. The summed E-state index contributed by atoms with van der Waals surface area (Å²) < 4.78 is 0. The number of pyridine rings is 1. The molecule has 1 aliphatic rings. The Balaban J connectivity index is 2.12. The van der Waals surface area contributed by atoms with Crippen LogP contribution >= 0.6 is 0 Å². The highest BCUT2D eigenvalue weighted by Gasteiger charge is 2.28. The molecule has 4 nitrogen and oxygen atoms in total. The van der Waals surface area contributed by atoms with Crippen LogP contribution in [0.25, 0.3) is 0 Å². The third-order valence-electron chi connectivity index (χ3n) is 3.34. The zero-order chi connectivity index (χ0) is 12.5. The van der Waals surface area contributed by atoms with Gasteiger partial charge in [0.05, 0.1) is 0 Å². The van der Waals surface area contributed by atoms with Gasteiger partial charge in [0, 0.05) is 24.3 Å². The molecule has 0 bridgehead atoms. The van der Waals surface area contributed by atoms with Crippen LogP contribution in [0.2, 0.25) is 0 Å². The maximum Gasteiger partial charge on any atom is 0.162 e. The Morgan fingerprint density at radius 1 is 1.28 bits per heavy atom. The van der Waals surface area contributed by atoms with Gasteiger partial charge in [-0.1, -0.05) is 25.1 Å². The lowest BCUT2D eigenvalue weighted by atomic mass is 10.0. The molecule has 90 valence electrons. The van der Waals surface area contributed by atoms with Crippen molar-refractivity contribution >= 4 is 17.2 Å². The number of para-hydroxylation sites is 1. The van der Waals surface area contributed by atoms with Crippen LogP contribution in [-0.2, 0) is 0 Å². The third-order valence-corrected chi connectivity index (χ3v) is 3.34. The predicted octanol–water partition coefficient (Wildman–Crippen LogP) is 3.73. The molecule has 4 heteroatoms. The summed E-state index contributed by atoms with van der Waals surface area (Å²) in [4.78, 5) is 17.2. The molecule has 0 amide bonds. The van der Waals surface area contributed by atoms with Crippen LogP contribution in [0.15, 0.2) is 47.8 Å². The maximum atomic E-state index is 10.9. The van der Waals surface area contributed by atoms with Crippen LogP contribution < -0.4 is 4.90 Å². The molecule has 0 radical (unpaired) electrons. The highest BCUT2D eigenvalue weighted by molar-refractivity contribution is 5.75. The van der Waals surface area contributed by atoms with Crippen molar-refractivity contribution in [3.05, 3.63) is 53.1 Å². The van der Waals surface area contributed by atoms with Crippen molar-refractivity contribution in [1.29, 1.82) is 0 Å². The summed E-state index contributed by atoms with van der Waals surface area (Å²) in [6, 6.07) is 11.6. The zero-order valence-corrected chi connectivity index (χ0v) is 10.1. The lowest BCUT2D eigenvalue weighted by molar-refractivity contribution is 0.807. The highest BCUT2D eigenvalue weighted by atomic mass is 16.3. The van der Waals surface area contributed by atoms with Gasteiger partial charge >= 0.3 is 0 Å². The van der Waals surface area contributed by atoms with E-state index >= 15 is 0 Å². The summed E-state index contributed by atoms with van der Waals surface area (Å²) in [5.41, 5.74) is 2.80. The van der Waals surface area contributed by atoms with E-state index in [0.29, 0.717) is 17.4 Å². The molecule has 0 aliphatic carbocycles. The molecule has 0 saturated carbocycles. The van der Waals surface area contributed by atoms with E-state index in [4.69, 9.17) is 0 Å². The van der Waals surface area contributed by atoms with Crippen LogP contribution in [0.5, 0.6) is 0 Å². The van der Waals surface area contributed by atoms with Gasteiger partial charge in [-0.15, -0.1) is 4.91 Å². The summed E-state index contributed by atoms with van der Waals surface area (Å²) in [7, 11) is 0. The number of nitroso groups, excluding NO2 is 1. The summed E-state index contributed by atoms with van der Waals surface area (Å²) in [5, 5.41) is 3.06. The van der Waals surface area contributed by atoms with E-state index in [-0.39, 0.29) is 0 Å². The first kappa shape index (κ1) is 10.9. The zero-order valence-electron chi connectivity index (χ0n) is 10.1. The molecule has 2 heterocycles. The standard InChI is InChI=1S/C14H13N3O/c1-10-9-17(13-7-3-2-5-11(10)13)14-12(16-18)6-4-8-15-14/h2-8,10H,9H2,1H3. The van der Waals surface area contributed by atoms with Crippen LogP contribution in [0.1, 0.15) is 18.4 Å². The van der Waals surface area contributed by atoms with Crippen molar-refractivity contribution in [1.82, 2.24) is 4.98 Å². The van der Waals surface area contributed by atoms with Crippen LogP contribution in [0, 0.1) is 4.91 Å². The van der Waals surface area contributed by atoms with Gasteiger partial charge < -0.3 is 4.90 Å². The third kappa shape index (κ3) is 1.57. The maximum absolute atomic E-state index is 10.9. The number of hydrogen-bond donors (Lipinski definition) is 0. The normalized spacial score (nSPS) is 17.6. The van der Waals surface area contributed by atoms with Crippen molar-refractivity contribution in [3.63, 3.8) is 0 Å². The molecule has 1 unspecified atom stereocenters. The predicted molar refractivity (Wildman–Crippen MR) is 71.6 cm³/mol. The number of hydrogen-bond acceptors (Lipinski definition) is 4. The SMILES string of the molecule is CC1CN(c2ncccc2N=O)c2ccccc21. The molecular weight excluding hydrogens is 226 g/mol. The smallest absolute Gasteiger partial charge is 0.162 e. The Morgan fingerprint density at radius 2 is 2.11 bits per heavy atom. The first-order chi connectivity index (χ1) is 8.81. The van der Waals surface area contributed by atoms with Gasteiger partial charge in [-0.25, -0.2) is 4.98 Å². The fourth-order valence-electron chi connectivity index (χ4n) is 2.49. The molecule has 1 aliphatic heterocycles. The Labute approximate surface area is 105 Å². The number of nitrogens with zero attached hydrogens (tertiary/aromatic N) is 3. The minimum Gasteiger partial charge on any atom is -0.324 e. The monoisotopic (exact) mass is 239 g/mol. The van der Waals surface area contributed by atoms with E-state index in [1.54, 1.807) is 18.3 Å². The topological polar surface area (TPSA) is 45.6 Å². The molecule has 2 aromatic rings. The van der Waals surface area contributed by atoms with Crippen LogP contribution in [0.4, 0.5) is 17.2 Å². The lowest BCUT2D eigenvalue weighted by Gasteiger charge is -2.19.